The number of hydrogen-bond donors (Lipinski definition) is 0. The summed E-state index contributed by atoms with van der Waals surface area (Å²) in [5.74, 6) is 0.890. The van der Waals surface area contributed by atoms with E-state index in [1.54, 1.807) is 10.9 Å². The fourth-order valence-corrected chi connectivity index (χ4v) is 2.28. The molecule has 0 amide bonds. The normalized spacial score (nSPS) is 10.8. The maximum Gasteiger partial charge on any atom is 0.144 e. The van der Waals surface area contributed by atoms with E-state index in [-0.39, 0.29) is 0 Å². The third kappa shape index (κ3) is 1.78. The largest absolute Gasteiger partial charge is 0.324 e. The molecule has 0 saturated carbocycles. The van der Waals surface area contributed by atoms with Crippen molar-refractivity contribution in [2.24, 2.45) is 7.05 Å². The zero-order valence-electron chi connectivity index (χ0n) is 10.8. The first-order valence-corrected chi connectivity index (χ1v) is 6.12. The van der Waals surface area contributed by atoms with Gasteiger partial charge in [-0.25, -0.2) is 4.98 Å². The fraction of sp³-hybridized carbons (Fsp3) is 0.214. The molecule has 3 aromatic rings. The standard InChI is InChI=1S/C14H13N5/c1-3-19-13-5-4-10(7-15)6-12(13)17-14(19)11-8-16-18(2)9-11/h4-6,8-9H,3H2,1-2H3. The highest BCUT2D eigenvalue weighted by atomic mass is 15.2. The minimum Gasteiger partial charge on any atom is -0.324 e. The quantitative estimate of drug-likeness (QED) is 0.702. The summed E-state index contributed by atoms with van der Waals surface area (Å²) in [5, 5.41) is 13.1. The van der Waals surface area contributed by atoms with E-state index >= 15 is 0 Å². The number of fused-ring (bicyclic) bond motifs is 1. The third-order valence-corrected chi connectivity index (χ3v) is 3.16. The second kappa shape index (κ2) is 4.25. The van der Waals surface area contributed by atoms with Gasteiger partial charge in [-0.05, 0) is 25.1 Å². The summed E-state index contributed by atoms with van der Waals surface area (Å²) in [5.41, 5.74) is 3.50. The molecule has 94 valence electrons. The summed E-state index contributed by atoms with van der Waals surface area (Å²) in [7, 11) is 1.89. The molecule has 0 atom stereocenters. The SMILES string of the molecule is CCn1c(-c2cnn(C)c2)nc2cc(C#N)ccc21. The number of nitriles is 1. The van der Waals surface area contributed by atoms with Crippen LogP contribution in [0.5, 0.6) is 0 Å². The summed E-state index contributed by atoms with van der Waals surface area (Å²) in [6.45, 7) is 2.91. The second-order valence-corrected chi connectivity index (χ2v) is 4.40. The molecule has 19 heavy (non-hydrogen) atoms. The van der Waals surface area contributed by atoms with Crippen LogP contribution in [0.1, 0.15) is 12.5 Å². The summed E-state index contributed by atoms with van der Waals surface area (Å²) in [4.78, 5) is 4.63. The van der Waals surface area contributed by atoms with Crippen molar-refractivity contribution in [2.75, 3.05) is 0 Å². The minimum atomic E-state index is 0.631. The van der Waals surface area contributed by atoms with Crippen LogP contribution in [0, 0.1) is 11.3 Å². The van der Waals surface area contributed by atoms with Gasteiger partial charge in [0.1, 0.15) is 5.82 Å². The van der Waals surface area contributed by atoms with E-state index in [4.69, 9.17) is 5.26 Å². The Hall–Kier alpha value is -2.61. The Morgan fingerprint density at radius 3 is 2.84 bits per heavy atom. The number of benzene rings is 1. The molecule has 5 heteroatoms. The van der Waals surface area contributed by atoms with Gasteiger partial charge in [-0.3, -0.25) is 4.68 Å². The first-order chi connectivity index (χ1) is 9.22. The van der Waals surface area contributed by atoms with Crippen LogP contribution in [0.25, 0.3) is 22.4 Å². The zero-order chi connectivity index (χ0) is 13.4. The molecule has 0 N–H and O–H groups in total. The Morgan fingerprint density at radius 2 is 2.21 bits per heavy atom. The number of imidazole rings is 1. The molecule has 2 aromatic heterocycles. The molecule has 5 nitrogen and oxygen atoms in total. The van der Waals surface area contributed by atoms with E-state index in [2.05, 4.69) is 27.6 Å². The average Bonchev–Trinajstić information content (AvgIpc) is 3.00. The molecular formula is C14H13N5. The molecule has 0 saturated heterocycles. The number of aryl methyl sites for hydroxylation is 2. The number of nitrogens with zero attached hydrogens (tertiary/aromatic N) is 5. The van der Waals surface area contributed by atoms with Crippen molar-refractivity contribution in [1.82, 2.24) is 19.3 Å². The highest BCUT2D eigenvalue weighted by molar-refractivity contribution is 5.81. The van der Waals surface area contributed by atoms with E-state index in [1.165, 1.54) is 0 Å². The van der Waals surface area contributed by atoms with E-state index in [1.807, 2.05) is 31.4 Å². The van der Waals surface area contributed by atoms with Crippen molar-refractivity contribution >= 4 is 11.0 Å². The van der Waals surface area contributed by atoms with E-state index in [9.17, 15) is 0 Å². The Kier molecular flexibility index (Phi) is 2.57. The van der Waals surface area contributed by atoms with Crippen molar-refractivity contribution in [3.63, 3.8) is 0 Å². The molecular weight excluding hydrogens is 238 g/mol. The van der Waals surface area contributed by atoms with Gasteiger partial charge in [0.25, 0.3) is 0 Å². The van der Waals surface area contributed by atoms with Crippen LogP contribution in [0.3, 0.4) is 0 Å². The van der Waals surface area contributed by atoms with Gasteiger partial charge in [0.05, 0.1) is 34.4 Å². The van der Waals surface area contributed by atoms with Crippen LogP contribution in [0.15, 0.2) is 30.6 Å². The first kappa shape index (κ1) is 11.5. The highest BCUT2D eigenvalue weighted by Gasteiger charge is 2.13. The van der Waals surface area contributed by atoms with Crippen molar-refractivity contribution in [3.8, 4) is 17.5 Å². The average molecular weight is 251 g/mol. The van der Waals surface area contributed by atoms with Gasteiger partial charge in [-0.1, -0.05) is 0 Å². The van der Waals surface area contributed by atoms with Crippen molar-refractivity contribution in [1.29, 1.82) is 5.26 Å². The molecule has 2 heterocycles. The zero-order valence-corrected chi connectivity index (χ0v) is 10.8. The maximum absolute atomic E-state index is 8.95. The number of rotatable bonds is 2. The van der Waals surface area contributed by atoms with Crippen molar-refractivity contribution < 1.29 is 0 Å². The highest BCUT2D eigenvalue weighted by Crippen LogP contribution is 2.25. The van der Waals surface area contributed by atoms with Gasteiger partial charge >= 0.3 is 0 Å². The van der Waals surface area contributed by atoms with Crippen molar-refractivity contribution in [3.05, 3.63) is 36.2 Å². The summed E-state index contributed by atoms with van der Waals surface area (Å²) in [6, 6.07) is 7.74. The number of aromatic nitrogens is 4. The van der Waals surface area contributed by atoms with E-state index in [0.29, 0.717) is 5.56 Å². The van der Waals surface area contributed by atoms with Crippen LogP contribution >= 0.6 is 0 Å². The maximum atomic E-state index is 8.95. The van der Waals surface area contributed by atoms with Crippen LogP contribution in [-0.4, -0.2) is 19.3 Å². The lowest BCUT2D eigenvalue weighted by molar-refractivity contribution is 0.767. The van der Waals surface area contributed by atoms with Gasteiger partial charge in [-0.15, -0.1) is 0 Å². The fourth-order valence-electron chi connectivity index (χ4n) is 2.28. The Balaban J connectivity index is 2.27. The van der Waals surface area contributed by atoms with Crippen LogP contribution in [0.2, 0.25) is 0 Å². The molecule has 3 rings (SSSR count). The van der Waals surface area contributed by atoms with Crippen LogP contribution in [0.4, 0.5) is 0 Å². The second-order valence-electron chi connectivity index (χ2n) is 4.40. The Labute approximate surface area is 110 Å². The molecule has 0 fully saturated rings. The smallest absolute Gasteiger partial charge is 0.144 e. The Bertz CT molecular complexity index is 788. The van der Waals surface area contributed by atoms with E-state index in [0.717, 1.165) is 29.0 Å². The van der Waals surface area contributed by atoms with Crippen LogP contribution in [-0.2, 0) is 13.6 Å². The molecule has 0 spiro atoms. The minimum absolute atomic E-state index is 0.631. The molecule has 0 aliphatic rings. The molecule has 0 aliphatic heterocycles. The Morgan fingerprint density at radius 1 is 1.37 bits per heavy atom. The molecule has 0 radical (unpaired) electrons. The summed E-state index contributed by atoms with van der Waals surface area (Å²) < 4.78 is 3.89. The summed E-state index contributed by atoms with van der Waals surface area (Å²) >= 11 is 0. The predicted molar refractivity (Wildman–Crippen MR) is 72.3 cm³/mol. The van der Waals surface area contributed by atoms with Gasteiger partial charge in [0.15, 0.2) is 0 Å². The topological polar surface area (TPSA) is 59.4 Å². The van der Waals surface area contributed by atoms with Gasteiger partial charge < -0.3 is 4.57 Å². The van der Waals surface area contributed by atoms with Gasteiger partial charge in [0, 0.05) is 19.8 Å². The van der Waals surface area contributed by atoms with E-state index < -0.39 is 0 Å². The molecule has 1 aromatic carbocycles. The number of hydrogen-bond acceptors (Lipinski definition) is 3. The predicted octanol–water partition coefficient (Wildman–Crippen LogP) is 2.33. The molecule has 0 bridgehead atoms. The van der Waals surface area contributed by atoms with Gasteiger partial charge in [-0.2, -0.15) is 10.4 Å². The monoisotopic (exact) mass is 251 g/mol. The first-order valence-electron chi connectivity index (χ1n) is 6.12. The lowest BCUT2D eigenvalue weighted by atomic mass is 10.2. The lowest BCUT2D eigenvalue weighted by Crippen LogP contribution is -1.96. The van der Waals surface area contributed by atoms with Crippen LogP contribution < -0.4 is 0 Å². The lowest BCUT2D eigenvalue weighted by Gasteiger charge is -2.03. The van der Waals surface area contributed by atoms with Gasteiger partial charge in [0.2, 0.25) is 0 Å². The third-order valence-electron chi connectivity index (χ3n) is 3.16. The van der Waals surface area contributed by atoms with Crippen molar-refractivity contribution in [2.45, 2.75) is 13.5 Å². The summed E-state index contributed by atoms with van der Waals surface area (Å²) in [6.07, 6.45) is 3.75. The molecule has 0 aliphatic carbocycles. The molecule has 0 unspecified atom stereocenters.